The highest BCUT2D eigenvalue weighted by atomic mass is 127. The summed E-state index contributed by atoms with van der Waals surface area (Å²) in [5.41, 5.74) is 1.61. The highest BCUT2D eigenvalue weighted by Crippen LogP contribution is 2.39. The number of hydrogen-bond acceptors (Lipinski definition) is 1. The van der Waals surface area contributed by atoms with Crippen LogP contribution >= 0.6 is 22.6 Å². The molecule has 2 heteroatoms. The number of alkyl halides is 1. The Morgan fingerprint density at radius 1 is 1.24 bits per heavy atom. The van der Waals surface area contributed by atoms with Crippen LogP contribution in [0.4, 0.5) is 0 Å². The zero-order valence-corrected chi connectivity index (χ0v) is 12.9. The van der Waals surface area contributed by atoms with Gasteiger partial charge in [0.2, 0.25) is 0 Å². The summed E-state index contributed by atoms with van der Waals surface area (Å²) in [6.45, 7) is 0.312. The lowest BCUT2D eigenvalue weighted by molar-refractivity contribution is 0.302. The lowest BCUT2D eigenvalue weighted by atomic mass is 9.93. The molecule has 3 unspecified atom stereocenters. The van der Waals surface area contributed by atoms with Gasteiger partial charge in [0.15, 0.2) is 0 Å². The van der Waals surface area contributed by atoms with E-state index in [9.17, 15) is 0 Å². The fourth-order valence-electron chi connectivity index (χ4n) is 3.43. The van der Waals surface area contributed by atoms with Crippen LogP contribution in [0.1, 0.15) is 57.8 Å². The van der Waals surface area contributed by atoms with Crippen molar-refractivity contribution in [3.63, 3.8) is 0 Å². The van der Waals surface area contributed by atoms with E-state index in [1.165, 1.54) is 51.4 Å². The number of aliphatic hydroxyl groups excluding tert-OH is 1. The van der Waals surface area contributed by atoms with Gasteiger partial charge in [-0.3, -0.25) is 0 Å². The monoisotopic (exact) mass is 348 g/mol. The van der Waals surface area contributed by atoms with Crippen molar-refractivity contribution in [2.24, 2.45) is 11.8 Å². The summed E-state index contributed by atoms with van der Waals surface area (Å²) in [6.07, 6.45) is 14.5. The summed E-state index contributed by atoms with van der Waals surface area (Å²) in [5, 5.41) is 8.82. The van der Waals surface area contributed by atoms with E-state index in [-0.39, 0.29) is 0 Å². The van der Waals surface area contributed by atoms with Gasteiger partial charge >= 0.3 is 0 Å². The number of aliphatic hydroxyl groups is 1. The average molecular weight is 348 g/mol. The smallest absolute Gasteiger partial charge is 0.0465 e. The van der Waals surface area contributed by atoms with E-state index < -0.39 is 0 Å². The Morgan fingerprint density at radius 3 is 2.82 bits per heavy atom. The first-order valence-electron chi connectivity index (χ1n) is 7.22. The van der Waals surface area contributed by atoms with Gasteiger partial charge in [-0.15, -0.1) is 0 Å². The summed E-state index contributed by atoms with van der Waals surface area (Å²) >= 11 is 2.66. The van der Waals surface area contributed by atoms with Gasteiger partial charge < -0.3 is 5.11 Å². The standard InChI is InChI=1S/C15H25IO/c16-15-5-1-4-14(15)9-8-13-7-6-12(11-13)3-2-10-17/h3,13-15,17H,1-2,4-11H2/b12-3-. The molecule has 0 bridgehead atoms. The van der Waals surface area contributed by atoms with Crippen molar-refractivity contribution >= 4 is 22.6 Å². The Balaban J connectivity index is 1.67. The highest BCUT2D eigenvalue weighted by Gasteiger charge is 2.26. The molecule has 0 heterocycles. The van der Waals surface area contributed by atoms with Gasteiger partial charge in [0, 0.05) is 10.5 Å². The largest absolute Gasteiger partial charge is 0.396 e. The van der Waals surface area contributed by atoms with Gasteiger partial charge in [0.25, 0.3) is 0 Å². The van der Waals surface area contributed by atoms with Crippen LogP contribution in [0.15, 0.2) is 11.6 Å². The fraction of sp³-hybridized carbons (Fsp3) is 0.867. The van der Waals surface area contributed by atoms with E-state index in [0.29, 0.717) is 6.61 Å². The molecule has 2 aliphatic rings. The second kappa shape index (κ2) is 7.13. The zero-order chi connectivity index (χ0) is 12.1. The predicted octanol–water partition coefficient (Wildman–Crippen LogP) is 4.48. The van der Waals surface area contributed by atoms with Gasteiger partial charge in [0.1, 0.15) is 0 Å². The Kier molecular flexibility index (Phi) is 5.81. The molecule has 0 saturated heterocycles. The molecule has 0 aromatic carbocycles. The fourth-order valence-corrected chi connectivity index (χ4v) is 4.59. The van der Waals surface area contributed by atoms with E-state index in [1.807, 2.05) is 0 Å². The summed E-state index contributed by atoms with van der Waals surface area (Å²) in [4.78, 5) is 0. The molecule has 17 heavy (non-hydrogen) atoms. The van der Waals surface area contributed by atoms with Crippen LogP contribution in [0.2, 0.25) is 0 Å². The second-order valence-electron chi connectivity index (χ2n) is 5.77. The first kappa shape index (κ1) is 13.9. The summed E-state index contributed by atoms with van der Waals surface area (Å²) < 4.78 is 0.957. The minimum Gasteiger partial charge on any atom is -0.396 e. The lowest BCUT2D eigenvalue weighted by Crippen LogP contribution is -2.08. The van der Waals surface area contributed by atoms with Crippen LogP contribution in [0.3, 0.4) is 0 Å². The van der Waals surface area contributed by atoms with E-state index in [2.05, 4.69) is 28.7 Å². The van der Waals surface area contributed by atoms with Crippen LogP contribution in [-0.2, 0) is 0 Å². The minimum atomic E-state index is 0.312. The van der Waals surface area contributed by atoms with E-state index >= 15 is 0 Å². The number of allylic oxidation sites excluding steroid dienone is 1. The first-order chi connectivity index (χ1) is 8.29. The topological polar surface area (TPSA) is 20.2 Å². The lowest BCUT2D eigenvalue weighted by Gasteiger charge is -2.16. The molecule has 1 N–H and O–H groups in total. The van der Waals surface area contributed by atoms with Gasteiger partial charge in [-0.25, -0.2) is 0 Å². The molecule has 2 rings (SSSR count). The molecule has 0 aromatic heterocycles. The number of hydrogen-bond donors (Lipinski definition) is 1. The van der Waals surface area contributed by atoms with Crippen LogP contribution in [0, 0.1) is 11.8 Å². The number of rotatable bonds is 5. The van der Waals surface area contributed by atoms with Crippen molar-refractivity contribution in [2.75, 3.05) is 6.61 Å². The van der Waals surface area contributed by atoms with Gasteiger partial charge in [0.05, 0.1) is 0 Å². The molecule has 0 aromatic rings. The van der Waals surface area contributed by atoms with Crippen molar-refractivity contribution in [3.8, 4) is 0 Å². The third-order valence-electron chi connectivity index (χ3n) is 4.50. The highest BCUT2D eigenvalue weighted by molar-refractivity contribution is 14.1. The van der Waals surface area contributed by atoms with Crippen molar-refractivity contribution in [2.45, 2.75) is 61.7 Å². The third-order valence-corrected chi connectivity index (χ3v) is 6.14. The maximum atomic E-state index is 8.82. The van der Waals surface area contributed by atoms with Crippen LogP contribution in [0.5, 0.6) is 0 Å². The van der Waals surface area contributed by atoms with Gasteiger partial charge in [-0.1, -0.05) is 40.7 Å². The molecule has 0 spiro atoms. The van der Waals surface area contributed by atoms with Crippen molar-refractivity contribution in [1.29, 1.82) is 0 Å². The Labute approximate surface area is 119 Å². The van der Waals surface area contributed by atoms with Crippen molar-refractivity contribution in [1.82, 2.24) is 0 Å². The van der Waals surface area contributed by atoms with Crippen molar-refractivity contribution < 1.29 is 5.11 Å². The van der Waals surface area contributed by atoms with Crippen LogP contribution < -0.4 is 0 Å². The van der Waals surface area contributed by atoms with Gasteiger partial charge in [-0.2, -0.15) is 0 Å². The summed E-state index contributed by atoms with van der Waals surface area (Å²) in [5.74, 6) is 1.96. The third kappa shape index (κ3) is 4.23. The Bertz CT molecular complexity index is 262. The number of halogens is 1. The maximum absolute atomic E-state index is 8.82. The molecule has 98 valence electrons. The molecule has 0 radical (unpaired) electrons. The SMILES string of the molecule is OCC/C=C1/CCC(CCC2CCCC2I)C1. The summed E-state index contributed by atoms with van der Waals surface area (Å²) in [7, 11) is 0. The minimum absolute atomic E-state index is 0.312. The average Bonchev–Trinajstić information content (AvgIpc) is 2.93. The second-order valence-corrected chi connectivity index (χ2v) is 7.37. The zero-order valence-electron chi connectivity index (χ0n) is 10.7. The predicted molar refractivity (Wildman–Crippen MR) is 81.5 cm³/mol. The molecule has 3 atom stereocenters. The molecule has 2 fully saturated rings. The summed E-state index contributed by atoms with van der Waals surface area (Å²) in [6, 6.07) is 0. The molecular formula is C15H25IO. The molecule has 0 amide bonds. The molecular weight excluding hydrogens is 323 g/mol. The first-order valence-corrected chi connectivity index (χ1v) is 8.47. The molecule has 1 nitrogen and oxygen atoms in total. The van der Waals surface area contributed by atoms with Crippen LogP contribution in [-0.4, -0.2) is 15.6 Å². The van der Waals surface area contributed by atoms with E-state index in [0.717, 1.165) is 22.2 Å². The normalized spacial score (nSPS) is 35.9. The molecule has 2 aliphatic carbocycles. The Hall–Kier alpha value is 0.430. The van der Waals surface area contributed by atoms with Gasteiger partial charge in [-0.05, 0) is 63.2 Å². The molecule has 2 saturated carbocycles. The van der Waals surface area contributed by atoms with E-state index in [1.54, 1.807) is 5.57 Å². The maximum Gasteiger partial charge on any atom is 0.0465 e. The van der Waals surface area contributed by atoms with E-state index in [4.69, 9.17) is 5.11 Å². The van der Waals surface area contributed by atoms with Crippen LogP contribution in [0.25, 0.3) is 0 Å². The quantitative estimate of drug-likeness (QED) is 0.441. The molecule has 0 aliphatic heterocycles. The van der Waals surface area contributed by atoms with Crippen molar-refractivity contribution in [3.05, 3.63) is 11.6 Å². The Morgan fingerprint density at radius 2 is 2.12 bits per heavy atom.